The van der Waals surface area contributed by atoms with E-state index in [4.69, 9.17) is 4.42 Å². The first kappa shape index (κ1) is 20.5. The van der Waals surface area contributed by atoms with Crippen molar-refractivity contribution in [3.8, 4) is 0 Å². The van der Waals surface area contributed by atoms with Gasteiger partial charge in [-0.15, -0.1) is 0 Å². The smallest absolute Gasteiger partial charge is 0.227 e. The quantitative estimate of drug-likeness (QED) is 0.701. The summed E-state index contributed by atoms with van der Waals surface area (Å²) in [4.78, 5) is 29.5. The average molecular weight is 410 g/mol. The Kier molecular flexibility index (Phi) is 6.11. The maximum atomic E-state index is 13.0. The summed E-state index contributed by atoms with van der Waals surface area (Å²) in [6, 6.07) is 9.73. The number of carbonyl (C=O) groups is 2. The molecule has 2 aliphatic rings. The van der Waals surface area contributed by atoms with Gasteiger partial charge in [0.15, 0.2) is 0 Å². The Morgan fingerprint density at radius 2 is 1.80 bits per heavy atom. The fraction of sp³-hybridized carbons (Fsp3) is 0.500. The molecule has 1 heterocycles. The second kappa shape index (κ2) is 8.94. The minimum Gasteiger partial charge on any atom is -0.467 e. The van der Waals surface area contributed by atoms with Crippen LogP contribution in [0.15, 0.2) is 41.0 Å². The molecular weight excluding hydrogens is 378 g/mol. The van der Waals surface area contributed by atoms with Crippen LogP contribution >= 0.6 is 0 Å². The van der Waals surface area contributed by atoms with E-state index in [9.17, 15) is 9.59 Å². The van der Waals surface area contributed by atoms with Crippen LogP contribution in [0.1, 0.15) is 49.8 Å². The fourth-order valence-corrected chi connectivity index (χ4v) is 4.26. The van der Waals surface area contributed by atoms with Gasteiger partial charge in [0.25, 0.3) is 0 Å². The molecule has 0 radical (unpaired) electrons. The van der Waals surface area contributed by atoms with Crippen LogP contribution in [0, 0.1) is 11.8 Å². The molecule has 1 N–H and O–H groups in total. The van der Waals surface area contributed by atoms with E-state index in [2.05, 4.69) is 5.32 Å². The van der Waals surface area contributed by atoms with E-state index in [1.54, 1.807) is 6.26 Å². The van der Waals surface area contributed by atoms with Gasteiger partial charge in [0.1, 0.15) is 5.76 Å². The van der Waals surface area contributed by atoms with Crippen LogP contribution in [0.2, 0.25) is 0 Å². The Bertz CT molecular complexity index is 881. The highest BCUT2D eigenvalue weighted by Gasteiger charge is 2.34. The summed E-state index contributed by atoms with van der Waals surface area (Å²) in [6.45, 7) is 0.935. The molecule has 2 aliphatic carbocycles. The zero-order chi connectivity index (χ0) is 21.1. The van der Waals surface area contributed by atoms with E-state index in [0.717, 1.165) is 61.2 Å². The van der Waals surface area contributed by atoms with Gasteiger partial charge in [0.2, 0.25) is 11.8 Å². The van der Waals surface area contributed by atoms with E-state index in [1.807, 2.05) is 54.2 Å². The lowest BCUT2D eigenvalue weighted by Gasteiger charge is -2.26. The van der Waals surface area contributed by atoms with Crippen LogP contribution in [-0.4, -0.2) is 30.8 Å². The van der Waals surface area contributed by atoms with Crippen molar-refractivity contribution in [2.75, 3.05) is 24.3 Å². The van der Waals surface area contributed by atoms with Crippen molar-refractivity contribution in [1.82, 2.24) is 4.90 Å². The molecule has 2 fully saturated rings. The van der Waals surface area contributed by atoms with E-state index < -0.39 is 0 Å². The standard InChI is InChI=1S/C24H31N3O3/c1-26(2)22-12-11-20(25-23(28)17-6-3-4-7-17)14-19(22)15-27(24(29)18-9-10-18)16-21-8-5-13-30-21/h5,8,11-14,17-18H,3-4,6-7,9-10,15-16H2,1-2H3,(H,25,28). The molecule has 0 atom stereocenters. The molecule has 1 aromatic carbocycles. The lowest BCUT2D eigenvalue weighted by atomic mass is 10.1. The summed E-state index contributed by atoms with van der Waals surface area (Å²) in [6.07, 6.45) is 7.78. The number of nitrogens with zero attached hydrogens (tertiary/aromatic N) is 2. The zero-order valence-electron chi connectivity index (χ0n) is 17.9. The van der Waals surface area contributed by atoms with Crippen molar-refractivity contribution >= 4 is 23.2 Å². The normalized spacial score (nSPS) is 16.5. The summed E-state index contributed by atoms with van der Waals surface area (Å²) in [7, 11) is 3.99. The van der Waals surface area contributed by atoms with Crippen LogP contribution in [0.25, 0.3) is 0 Å². The van der Waals surface area contributed by atoms with E-state index in [1.165, 1.54) is 0 Å². The number of carbonyl (C=O) groups excluding carboxylic acids is 2. The number of nitrogens with one attached hydrogen (secondary N) is 1. The highest BCUT2D eigenvalue weighted by molar-refractivity contribution is 5.93. The lowest BCUT2D eigenvalue weighted by molar-refractivity contribution is -0.134. The molecule has 0 bridgehead atoms. The maximum absolute atomic E-state index is 13.0. The van der Waals surface area contributed by atoms with Crippen molar-refractivity contribution in [2.45, 2.75) is 51.6 Å². The van der Waals surface area contributed by atoms with Crippen molar-refractivity contribution in [3.63, 3.8) is 0 Å². The van der Waals surface area contributed by atoms with Gasteiger partial charge in [-0.25, -0.2) is 0 Å². The van der Waals surface area contributed by atoms with Crippen LogP contribution in [0.4, 0.5) is 11.4 Å². The number of hydrogen-bond acceptors (Lipinski definition) is 4. The van der Waals surface area contributed by atoms with Gasteiger partial charge in [-0.05, 0) is 61.6 Å². The Morgan fingerprint density at radius 1 is 1.03 bits per heavy atom. The molecule has 2 aromatic rings. The third-order valence-corrected chi connectivity index (χ3v) is 6.08. The van der Waals surface area contributed by atoms with Crippen molar-refractivity contribution in [3.05, 3.63) is 47.9 Å². The Labute approximate surface area is 178 Å². The summed E-state index contributed by atoms with van der Waals surface area (Å²) >= 11 is 0. The molecule has 6 nitrogen and oxygen atoms in total. The van der Waals surface area contributed by atoms with Gasteiger partial charge in [-0.2, -0.15) is 0 Å². The molecule has 160 valence electrons. The number of furan rings is 1. The molecule has 2 saturated carbocycles. The maximum Gasteiger partial charge on any atom is 0.227 e. The summed E-state index contributed by atoms with van der Waals surface area (Å²) in [5.41, 5.74) is 2.86. The minimum atomic E-state index is 0.109. The summed E-state index contributed by atoms with van der Waals surface area (Å²) < 4.78 is 5.50. The van der Waals surface area contributed by atoms with Crippen molar-refractivity contribution in [1.29, 1.82) is 0 Å². The topological polar surface area (TPSA) is 65.8 Å². The molecule has 30 heavy (non-hydrogen) atoms. The van der Waals surface area contributed by atoms with Crippen molar-refractivity contribution < 1.29 is 14.0 Å². The molecule has 6 heteroatoms. The molecule has 0 spiro atoms. The zero-order valence-corrected chi connectivity index (χ0v) is 17.9. The summed E-state index contributed by atoms with van der Waals surface area (Å²) in [5.74, 6) is 1.32. The first-order valence-corrected chi connectivity index (χ1v) is 10.9. The number of amides is 2. The van der Waals surface area contributed by atoms with Gasteiger partial charge < -0.3 is 19.5 Å². The fourth-order valence-electron chi connectivity index (χ4n) is 4.26. The predicted octanol–water partition coefficient (Wildman–Crippen LogP) is 4.41. The van der Waals surface area contributed by atoms with Gasteiger partial charge >= 0.3 is 0 Å². The van der Waals surface area contributed by atoms with Gasteiger partial charge in [0, 0.05) is 43.9 Å². The third-order valence-electron chi connectivity index (χ3n) is 6.08. The molecule has 2 amide bonds. The highest BCUT2D eigenvalue weighted by Crippen LogP contribution is 2.33. The van der Waals surface area contributed by atoms with E-state index in [-0.39, 0.29) is 23.7 Å². The van der Waals surface area contributed by atoms with E-state index in [0.29, 0.717) is 13.1 Å². The molecule has 0 saturated heterocycles. The van der Waals surface area contributed by atoms with Crippen LogP contribution in [0.3, 0.4) is 0 Å². The predicted molar refractivity (Wildman–Crippen MR) is 117 cm³/mol. The first-order chi connectivity index (χ1) is 14.5. The van der Waals surface area contributed by atoms with Crippen molar-refractivity contribution in [2.24, 2.45) is 11.8 Å². The summed E-state index contributed by atoms with van der Waals surface area (Å²) in [5, 5.41) is 3.09. The largest absolute Gasteiger partial charge is 0.467 e. The monoisotopic (exact) mass is 409 g/mol. The van der Waals surface area contributed by atoms with Gasteiger partial charge in [0.05, 0.1) is 12.8 Å². The SMILES string of the molecule is CN(C)c1ccc(NC(=O)C2CCCC2)cc1CN(Cc1ccco1)C(=O)C1CC1. The highest BCUT2D eigenvalue weighted by atomic mass is 16.3. The number of anilines is 2. The molecule has 1 aromatic heterocycles. The Morgan fingerprint density at radius 3 is 2.43 bits per heavy atom. The third kappa shape index (κ3) is 4.86. The number of hydrogen-bond donors (Lipinski definition) is 1. The molecule has 4 rings (SSSR count). The molecule has 0 unspecified atom stereocenters. The van der Waals surface area contributed by atoms with Crippen LogP contribution in [0.5, 0.6) is 0 Å². The molecule has 0 aliphatic heterocycles. The minimum absolute atomic E-state index is 0.109. The lowest BCUT2D eigenvalue weighted by Crippen LogP contribution is -2.32. The number of benzene rings is 1. The van der Waals surface area contributed by atoms with Gasteiger partial charge in [-0.1, -0.05) is 12.8 Å². The Balaban J connectivity index is 1.55. The molecular formula is C24H31N3O3. The first-order valence-electron chi connectivity index (χ1n) is 10.9. The second-order valence-corrected chi connectivity index (χ2v) is 8.76. The second-order valence-electron chi connectivity index (χ2n) is 8.76. The van der Waals surface area contributed by atoms with Gasteiger partial charge in [-0.3, -0.25) is 9.59 Å². The Hall–Kier alpha value is -2.76. The average Bonchev–Trinajstić information content (AvgIpc) is 3.18. The number of rotatable bonds is 8. The van der Waals surface area contributed by atoms with E-state index >= 15 is 0 Å². The van der Waals surface area contributed by atoms with Crippen LogP contribution < -0.4 is 10.2 Å². The van der Waals surface area contributed by atoms with Crippen LogP contribution in [-0.2, 0) is 22.7 Å².